The second kappa shape index (κ2) is 8.57. The second-order valence-electron chi connectivity index (χ2n) is 5.41. The van der Waals surface area contributed by atoms with Gasteiger partial charge in [0.25, 0.3) is 10.0 Å². The van der Waals surface area contributed by atoms with Crippen LogP contribution in [0.5, 0.6) is 5.75 Å². The summed E-state index contributed by atoms with van der Waals surface area (Å²) in [5.41, 5.74) is 1.69. The molecule has 140 valence electrons. The third-order valence-corrected chi connectivity index (χ3v) is 4.76. The highest BCUT2D eigenvalue weighted by Gasteiger charge is 2.18. The van der Waals surface area contributed by atoms with Gasteiger partial charge in [0, 0.05) is 5.69 Å². The van der Waals surface area contributed by atoms with E-state index in [1.807, 2.05) is 19.1 Å². The Morgan fingerprint density at radius 1 is 1.04 bits per heavy atom. The summed E-state index contributed by atoms with van der Waals surface area (Å²) < 4.78 is 38.0. The fourth-order valence-electron chi connectivity index (χ4n) is 2.17. The maximum Gasteiger partial charge on any atom is 0.411 e. The Morgan fingerprint density at radius 2 is 1.73 bits per heavy atom. The molecule has 2 aromatic rings. The van der Waals surface area contributed by atoms with E-state index in [4.69, 9.17) is 9.47 Å². The summed E-state index contributed by atoms with van der Waals surface area (Å²) in [7, 11) is -3.83. The van der Waals surface area contributed by atoms with Crippen LogP contribution >= 0.6 is 0 Å². The quantitative estimate of drug-likeness (QED) is 0.765. The first-order chi connectivity index (χ1) is 12.4. The molecule has 2 N–H and O–H groups in total. The van der Waals surface area contributed by atoms with Gasteiger partial charge < -0.3 is 9.47 Å². The van der Waals surface area contributed by atoms with E-state index in [0.717, 1.165) is 5.56 Å². The molecule has 2 rings (SSSR count). The molecule has 0 spiro atoms. The Bertz CT molecular complexity index is 864. The summed E-state index contributed by atoms with van der Waals surface area (Å²) in [6, 6.07) is 11.2. The number of anilines is 2. The number of ether oxygens (including phenoxy) is 2. The molecule has 0 heterocycles. The molecule has 0 fully saturated rings. The second-order valence-corrected chi connectivity index (χ2v) is 7.09. The third-order valence-electron chi connectivity index (χ3n) is 3.38. The van der Waals surface area contributed by atoms with Crippen LogP contribution in [0.1, 0.15) is 19.4 Å². The molecular weight excluding hydrogens is 356 g/mol. The number of hydrogen-bond donors (Lipinski definition) is 2. The summed E-state index contributed by atoms with van der Waals surface area (Å²) in [6.45, 7) is 5.94. The molecule has 26 heavy (non-hydrogen) atoms. The lowest BCUT2D eigenvalue weighted by Gasteiger charge is -2.14. The molecule has 0 bridgehead atoms. The number of hydrogen-bond acceptors (Lipinski definition) is 5. The van der Waals surface area contributed by atoms with Gasteiger partial charge in [0.05, 0.1) is 23.8 Å². The molecule has 8 heteroatoms. The Hall–Kier alpha value is -2.74. The largest absolute Gasteiger partial charge is 0.492 e. The summed E-state index contributed by atoms with van der Waals surface area (Å²) in [6.07, 6.45) is -0.686. The lowest BCUT2D eigenvalue weighted by molar-refractivity contribution is 0.167. The molecule has 0 saturated carbocycles. The van der Waals surface area contributed by atoms with Crippen LogP contribution in [0.3, 0.4) is 0 Å². The summed E-state index contributed by atoms with van der Waals surface area (Å²) in [5, 5.41) is 2.50. The van der Waals surface area contributed by atoms with E-state index in [1.54, 1.807) is 26.0 Å². The van der Waals surface area contributed by atoms with Crippen LogP contribution in [-0.2, 0) is 14.8 Å². The Morgan fingerprint density at radius 3 is 2.35 bits per heavy atom. The van der Waals surface area contributed by atoms with Crippen LogP contribution in [-0.4, -0.2) is 27.7 Å². The lowest BCUT2D eigenvalue weighted by atomic mass is 10.2. The molecule has 0 atom stereocenters. The van der Waals surface area contributed by atoms with E-state index in [2.05, 4.69) is 10.0 Å². The number of carbonyl (C=O) groups is 1. The normalized spacial score (nSPS) is 10.9. The van der Waals surface area contributed by atoms with Crippen molar-refractivity contribution in [2.24, 2.45) is 0 Å². The molecule has 0 aliphatic carbocycles. The first-order valence-corrected chi connectivity index (χ1v) is 9.64. The van der Waals surface area contributed by atoms with Gasteiger partial charge in [-0.1, -0.05) is 17.7 Å². The van der Waals surface area contributed by atoms with E-state index in [0.29, 0.717) is 18.0 Å². The maximum atomic E-state index is 12.6. The van der Waals surface area contributed by atoms with Gasteiger partial charge in [-0.25, -0.2) is 13.2 Å². The van der Waals surface area contributed by atoms with Crippen molar-refractivity contribution in [3.63, 3.8) is 0 Å². The van der Waals surface area contributed by atoms with E-state index < -0.39 is 16.1 Å². The highest BCUT2D eigenvalue weighted by molar-refractivity contribution is 7.92. The average molecular weight is 378 g/mol. The van der Waals surface area contributed by atoms with E-state index in [1.165, 1.54) is 18.2 Å². The number of nitrogens with one attached hydrogen (secondary N) is 2. The van der Waals surface area contributed by atoms with Crippen LogP contribution < -0.4 is 14.8 Å². The van der Waals surface area contributed by atoms with Crippen LogP contribution in [0.4, 0.5) is 16.2 Å². The van der Waals surface area contributed by atoms with Gasteiger partial charge in [0.15, 0.2) is 0 Å². The molecule has 1 amide bonds. The zero-order valence-corrected chi connectivity index (χ0v) is 15.7. The lowest BCUT2D eigenvalue weighted by Crippen LogP contribution is -2.16. The van der Waals surface area contributed by atoms with Gasteiger partial charge in [-0.2, -0.15) is 0 Å². The minimum absolute atomic E-state index is 0.00618. The molecule has 0 saturated heterocycles. The summed E-state index contributed by atoms with van der Waals surface area (Å²) >= 11 is 0. The Balaban J connectivity index is 2.32. The van der Waals surface area contributed by atoms with Crippen LogP contribution in [0.2, 0.25) is 0 Å². The maximum absolute atomic E-state index is 12.6. The van der Waals surface area contributed by atoms with Gasteiger partial charge in [-0.15, -0.1) is 0 Å². The van der Waals surface area contributed by atoms with Crippen molar-refractivity contribution in [3.05, 3.63) is 48.0 Å². The van der Waals surface area contributed by atoms with Gasteiger partial charge >= 0.3 is 6.09 Å². The molecule has 0 aliphatic heterocycles. The number of rotatable bonds is 7. The number of sulfonamides is 1. The van der Waals surface area contributed by atoms with Crippen molar-refractivity contribution in [1.29, 1.82) is 0 Å². The van der Waals surface area contributed by atoms with Crippen LogP contribution in [0.25, 0.3) is 0 Å². The van der Waals surface area contributed by atoms with Gasteiger partial charge in [-0.05, 0) is 51.1 Å². The first-order valence-electron chi connectivity index (χ1n) is 8.15. The standard InChI is InChI=1S/C18H22N2O5S/c1-4-24-17-11-10-15(12-16(17)19-18(21)25-5-2)26(22,23)20-14-8-6-13(3)7-9-14/h6-12,20H,4-5H2,1-3H3,(H,19,21). The van der Waals surface area contributed by atoms with Crippen molar-refractivity contribution >= 4 is 27.5 Å². The van der Waals surface area contributed by atoms with Gasteiger partial charge in [0.2, 0.25) is 0 Å². The Labute approximate surface area is 153 Å². The SMILES string of the molecule is CCOC(=O)Nc1cc(S(=O)(=O)Nc2ccc(C)cc2)ccc1OCC. The van der Waals surface area contributed by atoms with Gasteiger partial charge in [0.1, 0.15) is 5.75 Å². The number of benzene rings is 2. The van der Waals surface area contributed by atoms with E-state index in [-0.39, 0.29) is 17.2 Å². The third kappa shape index (κ3) is 5.13. The number of aryl methyl sites for hydroxylation is 1. The zero-order valence-electron chi connectivity index (χ0n) is 14.9. The van der Waals surface area contributed by atoms with Crippen LogP contribution in [0, 0.1) is 6.92 Å². The highest BCUT2D eigenvalue weighted by atomic mass is 32.2. The smallest absolute Gasteiger partial charge is 0.411 e. The topological polar surface area (TPSA) is 93.7 Å². The van der Waals surface area contributed by atoms with Crippen molar-refractivity contribution in [2.75, 3.05) is 23.3 Å². The minimum Gasteiger partial charge on any atom is -0.492 e. The van der Waals surface area contributed by atoms with Crippen molar-refractivity contribution in [1.82, 2.24) is 0 Å². The fourth-order valence-corrected chi connectivity index (χ4v) is 3.25. The number of amides is 1. The first kappa shape index (κ1) is 19.6. The monoisotopic (exact) mass is 378 g/mol. The highest BCUT2D eigenvalue weighted by Crippen LogP contribution is 2.29. The average Bonchev–Trinajstić information content (AvgIpc) is 2.58. The molecule has 0 radical (unpaired) electrons. The molecule has 0 aromatic heterocycles. The van der Waals surface area contributed by atoms with Crippen molar-refractivity contribution < 1.29 is 22.7 Å². The summed E-state index contributed by atoms with van der Waals surface area (Å²) in [4.78, 5) is 11.7. The van der Waals surface area contributed by atoms with Crippen molar-refractivity contribution in [2.45, 2.75) is 25.7 Å². The predicted molar refractivity (Wildman–Crippen MR) is 100 cm³/mol. The number of carbonyl (C=O) groups excluding carboxylic acids is 1. The Kier molecular flexibility index (Phi) is 6.46. The molecule has 0 unspecified atom stereocenters. The van der Waals surface area contributed by atoms with E-state index >= 15 is 0 Å². The van der Waals surface area contributed by atoms with Gasteiger partial charge in [-0.3, -0.25) is 10.0 Å². The molecule has 0 aliphatic rings. The van der Waals surface area contributed by atoms with Crippen molar-refractivity contribution in [3.8, 4) is 5.75 Å². The van der Waals surface area contributed by atoms with E-state index in [9.17, 15) is 13.2 Å². The van der Waals surface area contributed by atoms with Crippen LogP contribution in [0.15, 0.2) is 47.4 Å². The summed E-state index contributed by atoms with van der Waals surface area (Å²) in [5.74, 6) is 0.356. The zero-order chi connectivity index (χ0) is 19.2. The molecular formula is C18H22N2O5S. The fraction of sp³-hybridized carbons (Fsp3) is 0.278. The predicted octanol–water partition coefficient (Wildman–Crippen LogP) is 3.76. The minimum atomic E-state index is -3.83. The molecule has 7 nitrogen and oxygen atoms in total. The molecule has 2 aromatic carbocycles.